The van der Waals surface area contributed by atoms with E-state index in [4.69, 9.17) is 9.47 Å². The molecule has 7 nitrogen and oxygen atoms in total. The van der Waals surface area contributed by atoms with E-state index < -0.39 is 5.60 Å². The van der Waals surface area contributed by atoms with Crippen LogP contribution in [0.15, 0.2) is 67.3 Å². The summed E-state index contributed by atoms with van der Waals surface area (Å²) in [5.74, 6) is 0.136. The second-order valence-electron chi connectivity index (χ2n) is 10.1. The summed E-state index contributed by atoms with van der Waals surface area (Å²) in [7, 11) is 1.78. The molecular formula is C30H36N2O5. The number of benzene rings is 2. The molecule has 3 atom stereocenters. The summed E-state index contributed by atoms with van der Waals surface area (Å²) in [4.78, 5) is 26.9. The fourth-order valence-electron chi connectivity index (χ4n) is 6.13. The van der Waals surface area contributed by atoms with Crippen LogP contribution in [0.5, 0.6) is 11.5 Å². The van der Waals surface area contributed by atoms with Crippen molar-refractivity contribution in [2.75, 3.05) is 26.7 Å². The molecule has 1 aliphatic carbocycles. The maximum Gasteiger partial charge on any atom is 0.308 e. The second-order valence-corrected chi connectivity index (χ2v) is 10.1. The van der Waals surface area contributed by atoms with Crippen molar-refractivity contribution in [1.82, 2.24) is 10.2 Å². The summed E-state index contributed by atoms with van der Waals surface area (Å²) in [6, 6.07) is 14.5. The van der Waals surface area contributed by atoms with Crippen molar-refractivity contribution < 1.29 is 24.2 Å². The van der Waals surface area contributed by atoms with E-state index in [1.807, 2.05) is 24.3 Å². The van der Waals surface area contributed by atoms with Gasteiger partial charge in [0.05, 0.1) is 5.60 Å². The number of carbonyl (C=O) groups excluding carboxylic acids is 2. The molecule has 37 heavy (non-hydrogen) atoms. The number of esters is 1. The van der Waals surface area contributed by atoms with Crippen molar-refractivity contribution in [3.63, 3.8) is 0 Å². The van der Waals surface area contributed by atoms with Crippen molar-refractivity contribution in [2.45, 2.75) is 49.7 Å². The van der Waals surface area contributed by atoms with Crippen molar-refractivity contribution in [1.29, 1.82) is 0 Å². The van der Waals surface area contributed by atoms with E-state index in [1.54, 1.807) is 37.5 Å². The highest BCUT2D eigenvalue weighted by molar-refractivity contribution is 5.92. The Labute approximate surface area is 218 Å². The molecular weight excluding hydrogens is 468 g/mol. The molecule has 0 aromatic heterocycles. The van der Waals surface area contributed by atoms with Gasteiger partial charge in [-0.25, -0.2) is 0 Å². The first-order chi connectivity index (χ1) is 17.8. The van der Waals surface area contributed by atoms with Crippen molar-refractivity contribution >= 4 is 18.0 Å². The Kier molecular flexibility index (Phi) is 8.15. The van der Waals surface area contributed by atoms with Gasteiger partial charge in [-0.3, -0.25) is 14.5 Å². The van der Waals surface area contributed by atoms with Gasteiger partial charge in [-0.1, -0.05) is 30.3 Å². The van der Waals surface area contributed by atoms with E-state index in [0.717, 1.165) is 50.0 Å². The number of rotatable bonds is 8. The lowest BCUT2D eigenvalue weighted by Crippen LogP contribution is -2.67. The molecule has 2 fully saturated rings. The molecule has 0 unspecified atom stereocenters. The fraction of sp³-hybridized carbons (Fsp3) is 0.400. The van der Waals surface area contributed by atoms with Gasteiger partial charge in [-0.2, -0.15) is 0 Å². The number of nitrogens with one attached hydrogen (secondary N) is 1. The number of piperidine rings is 1. The van der Waals surface area contributed by atoms with Crippen molar-refractivity contribution in [2.24, 2.45) is 0 Å². The van der Waals surface area contributed by atoms with Gasteiger partial charge in [0.1, 0.15) is 11.5 Å². The maximum absolute atomic E-state index is 12.9. The zero-order valence-electron chi connectivity index (χ0n) is 21.6. The van der Waals surface area contributed by atoms with Crippen LogP contribution in [0, 0.1) is 0 Å². The van der Waals surface area contributed by atoms with Crippen molar-refractivity contribution in [3.8, 4) is 11.5 Å². The van der Waals surface area contributed by atoms with Gasteiger partial charge in [0, 0.05) is 44.7 Å². The SMILES string of the molecule is C=CCN1CC[C@@]2(c3cccc(OC(C)=O)c3)C[C@@H](NC(=O)C=Cc3cccc(O)c3)CC[C@]2(OC)C1. The molecule has 0 bridgehead atoms. The first kappa shape index (κ1) is 26.6. The molecule has 1 heterocycles. The number of hydrogen-bond acceptors (Lipinski definition) is 6. The Hall–Kier alpha value is -3.42. The standard InChI is InChI=1S/C30H36N2O5/c1-4-16-32-17-15-29(24-8-6-10-27(19-24)37-22(2)33)20-25(13-14-30(29,21-32)36-3)31-28(35)12-11-23-7-5-9-26(34)18-23/h4-12,18-19,25,34H,1,13-17,20-21H2,2-3H3,(H,31,35)/t25-,29-,30-/m0/s1. The van der Waals surface area contributed by atoms with E-state index in [2.05, 4.69) is 22.9 Å². The van der Waals surface area contributed by atoms with Crippen LogP contribution in [-0.2, 0) is 19.7 Å². The van der Waals surface area contributed by atoms with Crippen LogP contribution >= 0.6 is 0 Å². The number of phenols is 1. The molecule has 0 radical (unpaired) electrons. The minimum Gasteiger partial charge on any atom is -0.508 e. The highest BCUT2D eigenvalue weighted by Crippen LogP contribution is 2.53. The number of phenolic OH excluding ortho intramolecular Hbond substituents is 1. The average Bonchev–Trinajstić information content (AvgIpc) is 2.87. The minimum absolute atomic E-state index is 0.0482. The van der Waals surface area contributed by atoms with Crippen LogP contribution in [0.1, 0.15) is 43.7 Å². The van der Waals surface area contributed by atoms with E-state index in [0.29, 0.717) is 12.2 Å². The molecule has 4 rings (SSSR count). The molecule has 1 saturated heterocycles. The lowest BCUT2D eigenvalue weighted by Gasteiger charge is -2.59. The fourth-order valence-corrected chi connectivity index (χ4v) is 6.13. The highest BCUT2D eigenvalue weighted by atomic mass is 16.5. The van der Waals surface area contributed by atoms with E-state index >= 15 is 0 Å². The lowest BCUT2D eigenvalue weighted by atomic mass is 9.55. The van der Waals surface area contributed by atoms with Crippen LogP contribution in [0.4, 0.5) is 0 Å². The Balaban J connectivity index is 1.62. The number of likely N-dealkylation sites (tertiary alicyclic amines) is 1. The molecule has 0 spiro atoms. The monoisotopic (exact) mass is 504 g/mol. The average molecular weight is 505 g/mol. The number of aromatic hydroxyl groups is 1. The summed E-state index contributed by atoms with van der Waals surface area (Å²) in [5, 5.41) is 12.9. The largest absolute Gasteiger partial charge is 0.508 e. The summed E-state index contributed by atoms with van der Waals surface area (Å²) in [6.07, 6.45) is 8.23. The molecule has 2 N–H and O–H groups in total. The number of amides is 1. The molecule has 2 aliphatic rings. The van der Waals surface area contributed by atoms with Crippen LogP contribution in [-0.4, -0.2) is 60.3 Å². The quantitative estimate of drug-likeness (QED) is 0.242. The predicted octanol–water partition coefficient (Wildman–Crippen LogP) is 4.21. The normalized spacial score (nSPS) is 25.8. The van der Waals surface area contributed by atoms with Crippen LogP contribution < -0.4 is 10.1 Å². The van der Waals surface area contributed by atoms with E-state index in [-0.39, 0.29) is 29.1 Å². The minimum atomic E-state index is -0.457. The third kappa shape index (κ3) is 5.78. The Morgan fingerprint density at radius 2 is 2.03 bits per heavy atom. The number of fused-ring (bicyclic) bond motifs is 1. The van der Waals surface area contributed by atoms with Gasteiger partial charge >= 0.3 is 5.97 Å². The topological polar surface area (TPSA) is 88.1 Å². The van der Waals surface area contributed by atoms with Crippen LogP contribution in [0.3, 0.4) is 0 Å². The smallest absolute Gasteiger partial charge is 0.308 e. The molecule has 1 aliphatic heterocycles. The number of methoxy groups -OCH3 is 1. The van der Waals surface area contributed by atoms with Crippen molar-refractivity contribution in [3.05, 3.63) is 78.4 Å². The van der Waals surface area contributed by atoms with Crippen LogP contribution in [0.2, 0.25) is 0 Å². The number of carbonyl (C=O) groups is 2. The summed E-state index contributed by atoms with van der Waals surface area (Å²) < 4.78 is 11.8. The summed E-state index contributed by atoms with van der Waals surface area (Å²) in [5.41, 5.74) is 0.980. The number of ether oxygens (including phenoxy) is 2. The molecule has 1 saturated carbocycles. The highest BCUT2D eigenvalue weighted by Gasteiger charge is 2.58. The number of hydrogen-bond donors (Lipinski definition) is 2. The zero-order valence-corrected chi connectivity index (χ0v) is 21.6. The Morgan fingerprint density at radius 1 is 1.22 bits per heavy atom. The van der Waals surface area contributed by atoms with Crippen LogP contribution in [0.25, 0.3) is 6.08 Å². The molecule has 2 aromatic rings. The second kappa shape index (κ2) is 11.3. The van der Waals surface area contributed by atoms with Gasteiger partial charge in [-0.05, 0) is 73.7 Å². The molecule has 196 valence electrons. The first-order valence-corrected chi connectivity index (χ1v) is 12.7. The van der Waals surface area contributed by atoms with Gasteiger partial charge in [0.25, 0.3) is 0 Å². The molecule has 7 heteroatoms. The zero-order chi connectivity index (χ0) is 26.5. The predicted molar refractivity (Wildman–Crippen MR) is 143 cm³/mol. The third-order valence-corrected chi connectivity index (χ3v) is 7.77. The third-order valence-electron chi connectivity index (χ3n) is 7.77. The summed E-state index contributed by atoms with van der Waals surface area (Å²) >= 11 is 0. The van der Waals surface area contributed by atoms with Gasteiger partial charge < -0.3 is 19.9 Å². The maximum atomic E-state index is 12.9. The van der Waals surface area contributed by atoms with E-state index in [1.165, 1.54) is 13.0 Å². The summed E-state index contributed by atoms with van der Waals surface area (Å²) in [6.45, 7) is 7.72. The van der Waals surface area contributed by atoms with Gasteiger partial charge in [0.2, 0.25) is 5.91 Å². The number of nitrogens with zero attached hydrogens (tertiary/aromatic N) is 1. The Morgan fingerprint density at radius 3 is 2.76 bits per heavy atom. The van der Waals surface area contributed by atoms with E-state index in [9.17, 15) is 14.7 Å². The van der Waals surface area contributed by atoms with Gasteiger partial charge in [0.15, 0.2) is 0 Å². The molecule has 2 aromatic carbocycles. The molecule has 1 amide bonds. The Bertz CT molecular complexity index is 1180. The lowest BCUT2D eigenvalue weighted by molar-refractivity contribution is -0.149. The first-order valence-electron chi connectivity index (χ1n) is 12.7. The van der Waals surface area contributed by atoms with Gasteiger partial charge in [-0.15, -0.1) is 6.58 Å².